The largest absolute Gasteiger partial charge is 0.481 e. The van der Waals surface area contributed by atoms with Crippen LogP contribution < -0.4 is 5.32 Å². The Kier molecular flexibility index (Phi) is 5.99. The summed E-state index contributed by atoms with van der Waals surface area (Å²) >= 11 is 0. The Hall–Kier alpha value is -3.02. The number of anilines is 1. The van der Waals surface area contributed by atoms with Crippen molar-refractivity contribution >= 4 is 28.9 Å². The third kappa shape index (κ3) is 6.09. The van der Waals surface area contributed by atoms with E-state index in [1.807, 2.05) is 30.3 Å². The normalized spacial score (nSPS) is 10.6. The monoisotopic (exact) mass is 311 g/mol. The van der Waals surface area contributed by atoms with Crippen molar-refractivity contribution in [3.63, 3.8) is 0 Å². The molecule has 0 aliphatic carbocycles. The smallest absolute Gasteiger partial charge is 0.303 e. The molecule has 0 atom stereocenters. The van der Waals surface area contributed by atoms with Gasteiger partial charge in [0.15, 0.2) is 0 Å². The van der Waals surface area contributed by atoms with Crippen molar-refractivity contribution in [2.75, 3.05) is 5.32 Å². The van der Waals surface area contributed by atoms with Crippen LogP contribution in [-0.4, -0.2) is 17.0 Å². The quantitative estimate of drug-likeness (QED) is 0.747. The Balaban J connectivity index is 1.86. The molecule has 0 radical (unpaired) electrons. The van der Waals surface area contributed by atoms with Gasteiger partial charge in [0.05, 0.1) is 11.4 Å². The number of benzene rings is 2. The van der Waals surface area contributed by atoms with Crippen LogP contribution in [-0.2, 0) is 9.59 Å². The van der Waals surface area contributed by atoms with Crippen molar-refractivity contribution in [2.24, 2.45) is 10.2 Å². The minimum absolute atomic E-state index is 0.00771. The number of rotatable bonds is 7. The lowest BCUT2D eigenvalue weighted by atomic mass is 10.2. The van der Waals surface area contributed by atoms with Crippen molar-refractivity contribution in [1.29, 1.82) is 0 Å². The van der Waals surface area contributed by atoms with Gasteiger partial charge < -0.3 is 10.4 Å². The van der Waals surface area contributed by atoms with E-state index in [4.69, 9.17) is 5.11 Å². The topological polar surface area (TPSA) is 91.1 Å². The molecule has 6 nitrogen and oxygen atoms in total. The number of carbonyl (C=O) groups excluding carboxylic acids is 1. The van der Waals surface area contributed by atoms with Gasteiger partial charge >= 0.3 is 5.97 Å². The third-order valence-corrected chi connectivity index (χ3v) is 2.98. The Morgan fingerprint density at radius 1 is 0.870 bits per heavy atom. The zero-order valence-corrected chi connectivity index (χ0v) is 12.5. The standard InChI is InChI=1S/C17H17N3O3/c21-16(7-4-8-17(22)23)18-13-9-11-15(12-10-13)20-19-14-5-2-1-3-6-14/h1-3,5-6,9-12H,4,7-8H2,(H,18,21)(H,22,23). The van der Waals surface area contributed by atoms with Crippen LogP contribution in [0.5, 0.6) is 0 Å². The molecular weight excluding hydrogens is 294 g/mol. The molecule has 0 aliphatic heterocycles. The summed E-state index contributed by atoms with van der Waals surface area (Å²) in [4.78, 5) is 22.0. The van der Waals surface area contributed by atoms with Gasteiger partial charge in [-0.2, -0.15) is 10.2 Å². The first kappa shape index (κ1) is 16.4. The molecule has 2 aromatic rings. The van der Waals surface area contributed by atoms with E-state index in [0.29, 0.717) is 17.8 Å². The maximum Gasteiger partial charge on any atom is 0.303 e. The fourth-order valence-corrected chi connectivity index (χ4v) is 1.85. The number of hydrogen-bond donors (Lipinski definition) is 2. The predicted octanol–water partition coefficient (Wildman–Crippen LogP) is 4.30. The lowest BCUT2D eigenvalue weighted by Gasteiger charge is -2.04. The second-order valence-corrected chi connectivity index (χ2v) is 4.88. The molecule has 0 aromatic heterocycles. The molecule has 0 spiro atoms. The molecule has 0 saturated carbocycles. The first-order valence-corrected chi connectivity index (χ1v) is 7.22. The highest BCUT2D eigenvalue weighted by Crippen LogP contribution is 2.20. The molecule has 0 aliphatic rings. The first-order valence-electron chi connectivity index (χ1n) is 7.22. The SMILES string of the molecule is O=C(O)CCCC(=O)Nc1ccc(N=Nc2ccccc2)cc1. The molecule has 0 bridgehead atoms. The van der Waals surface area contributed by atoms with Crippen LogP contribution in [0.4, 0.5) is 17.1 Å². The minimum atomic E-state index is -0.897. The molecule has 0 fully saturated rings. The molecule has 2 aromatic carbocycles. The van der Waals surface area contributed by atoms with Gasteiger partial charge in [-0.1, -0.05) is 18.2 Å². The van der Waals surface area contributed by atoms with Gasteiger partial charge in [-0.15, -0.1) is 0 Å². The number of hydrogen-bond acceptors (Lipinski definition) is 4. The maximum absolute atomic E-state index is 11.6. The van der Waals surface area contributed by atoms with E-state index in [2.05, 4.69) is 15.5 Å². The van der Waals surface area contributed by atoms with Gasteiger partial charge in [-0.3, -0.25) is 9.59 Å². The number of carboxylic acid groups (broad SMARTS) is 1. The Bertz CT molecular complexity index is 682. The number of carboxylic acids is 1. The van der Waals surface area contributed by atoms with Gasteiger partial charge in [0.25, 0.3) is 0 Å². The van der Waals surface area contributed by atoms with Gasteiger partial charge in [-0.05, 0) is 42.8 Å². The van der Waals surface area contributed by atoms with Crippen LogP contribution in [0.25, 0.3) is 0 Å². The summed E-state index contributed by atoms with van der Waals surface area (Å²) < 4.78 is 0. The second kappa shape index (κ2) is 8.43. The van der Waals surface area contributed by atoms with Gasteiger partial charge in [0.1, 0.15) is 0 Å². The Labute approximate surface area is 133 Å². The van der Waals surface area contributed by atoms with Crippen molar-refractivity contribution in [2.45, 2.75) is 19.3 Å². The fourth-order valence-electron chi connectivity index (χ4n) is 1.85. The molecule has 6 heteroatoms. The molecule has 2 N–H and O–H groups in total. The van der Waals surface area contributed by atoms with Crippen LogP contribution in [0.2, 0.25) is 0 Å². The Morgan fingerprint density at radius 3 is 2.09 bits per heavy atom. The summed E-state index contributed by atoms with van der Waals surface area (Å²) in [6.45, 7) is 0. The van der Waals surface area contributed by atoms with E-state index >= 15 is 0 Å². The average molecular weight is 311 g/mol. The minimum Gasteiger partial charge on any atom is -0.481 e. The molecule has 0 saturated heterocycles. The predicted molar refractivity (Wildman–Crippen MR) is 87.2 cm³/mol. The van der Waals surface area contributed by atoms with Crippen LogP contribution >= 0.6 is 0 Å². The van der Waals surface area contributed by atoms with Crippen LogP contribution in [0.15, 0.2) is 64.8 Å². The lowest BCUT2D eigenvalue weighted by molar-refractivity contribution is -0.137. The van der Waals surface area contributed by atoms with E-state index in [1.165, 1.54) is 0 Å². The molecule has 0 heterocycles. The molecule has 118 valence electrons. The Morgan fingerprint density at radius 2 is 1.48 bits per heavy atom. The summed E-state index contributed by atoms with van der Waals surface area (Å²) in [7, 11) is 0. The van der Waals surface area contributed by atoms with Gasteiger partial charge in [0, 0.05) is 18.5 Å². The van der Waals surface area contributed by atoms with Gasteiger partial charge in [0.2, 0.25) is 5.91 Å². The summed E-state index contributed by atoms with van der Waals surface area (Å²) in [5, 5.41) is 19.5. The highest BCUT2D eigenvalue weighted by molar-refractivity contribution is 5.91. The van der Waals surface area contributed by atoms with Crippen LogP contribution in [0.3, 0.4) is 0 Å². The summed E-state index contributed by atoms with van der Waals surface area (Å²) in [6, 6.07) is 16.4. The van der Waals surface area contributed by atoms with E-state index < -0.39 is 5.97 Å². The maximum atomic E-state index is 11.6. The number of aliphatic carboxylic acids is 1. The third-order valence-electron chi connectivity index (χ3n) is 2.98. The second-order valence-electron chi connectivity index (χ2n) is 4.88. The van der Waals surface area contributed by atoms with Gasteiger partial charge in [-0.25, -0.2) is 0 Å². The van der Waals surface area contributed by atoms with E-state index in [1.54, 1.807) is 24.3 Å². The van der Waals surface area contributed by atoms with E-state index in [9.17, 15) is 9.59 Å². The molecule has 2 rings (SSSR count). The van der Waals surface area contributed by atoms with Crippen molar-refractivity contribution in [1.82, 2.24) is 0 Å². The molecule has 0 unspecified atom stereocenters. The zero-order chi connectivity index (χ0) is 16.5. The average Bonchev–Trinajstić information content (AvgIpc) is 2.55. The number of carbonyl (C=O) groups is 2. The van der Waals surface area contributed by atoms with Crippen molar-refractivity contribution < 1.29 is 14.7 Å². The highest BCUT2D eigenvalue weighted by Gasteiger charge is 2.04. The van der Waals surface area contributed by atoms with Crippen LogP contribution in [0, 0.1) is 0 Å². The molecular formula is C17H17N3O3. The summed E-state index contributed by atoms with van der Waals surface area (Å²) in [5.74, 6) is -1.10. The van der Waals surface area contributed by atoms with Crippen LogP contribution in [0.1, 0.15) is 19.3 Å². The lowest BCUT2D eigenvalue weighted by Crippen LogP contribution is -2.11. The molecule has 1 amide bonds. The van der Waals surface area contributed by atoms with Crippen molar-refractivity contribution in [3.05, 3.63) is 54.6 Å². The first-order chi connectivity index (χ1) is 11.1. The number of nitrogens with one attached hydrogen (secondary N) is 1. The highest BCUT2D eigenvalue weighted by atomic mass is 16.4. The summed E-state index contributed by atoms with van der Waals surface area (Å²) in [5.41, 5.74) is 2.09. The van der Waals surface area contributed by atoms with E-state index in [0.717, 1.165) is 5.69 Å². The summed E-state index contributed by atoms with van der Waals surface area (Å²) in [6.07, 6.45) is 0.499. The number of amides is 1. The number of nitrogens with zero attached hydrogens (tertiary/aromatic N) is 2. The number of azo groups is 1. The van der Waals surface area contributed by atoms with E-state index in [-0.39, 0.29) is 18.7 Å². The molecule has 23 heavy (non-hydrogen) atoms. The fraction of sp³-hybridized carbons (Fsp3) is 0.176. The zero-order valence-electron chi connectivity index (χ0n) is 12.5. The van der Waals surface area contributed by atoms with Crippen molar-refractivity contribution in [3.8, 4) is 0 Å².